The number of primary amides is 1. The molecule has 3 N–H and O–H groups in total. The molecule has 0 radical (unpaired) electrons. The summed E-state index contributed by atoms with van der Waals surface area (Å²) in [4.78, 5) is 11.1. The number of nitrogens with one attached hydrogen (secondary N) is 1. The summed E-state index contributed by atoms with van der Waals surface area (Å²) in [5.41, 5.74) is 4.31. The molecular weight excluding hydrogens is 333 g/mol. The van der Waals surface area contributed by atoms with E-state index in [1.54, 1.807) is 12.2 Å². The fourth-order valence-electron chi connectivity index (χ4n) is 2.35. The van der Waals surface area contributed by atoms with Crippen LogP contribution in [-0.2, 0) is 21.0 Å². The zero-order valence-electron chi connectivity index (χ0n) is 11.9. The summed E-state index contributed by atoms with van der Waals surface area (Å²) < 4.78 is 64.4. The van der Waals surface area contributed by atoms with Crippen molar-refractivity contribution < 1.29 is 26.4 Å². The van der Waals surface area contributed by atoms with Gasteiger partial charge in [-0.05, 0) is 37.1 Å². The van der Waals surface area contributed by atoms with E-state index in [0.29, 0.717) is 18.6 Å². The van der Waals surface area contributed by atoms with Crippen LogP contribution in [0.4, 0.5) is 13.2 Å². The Labute approximate surface area is 131 Å². The van der Waals surface area contributed by atoms with Crippen molar-refractivity contribution in [3.8, 4) is 0 Å². The minimum Gasteiger partial charge on any atom is -0.369 e. The van der Waals surface area contributed by atoms with Crippen LogP contribution in [0.1, 0.15) is 18.4 Å². The average molecular weight is 348 g/mol. The molecule has 0 spiro atoms. The lowest BCUT2D eigenvalue weighted by atomic mass is 9.89. The van der Waals surface area contributed by atoms with E-state index < -0.39 is 39.6 Å². The molecule has 0 bridgehead atoms. The second kappa shape index (κ2) is 6.32. The number of nitrogens with two attached hydrogens (primary N) is 1. The van der Waals surface area contributed by atoms with Crippen LogP contribution in [-0.4, -0.2) is 20.4 Å². The zero-order valence-corrected chi connectivity index (χ0v) is 12.7. The highest BCUT2D eigenvalue weighted by Gasteiger charge is 2.33. The van der Waals surface area contributed by atoms with E-state index in [0.717, 1.165) is 12.1 Å². The molecule has 2 rings (SSSR count). The van der Waals surface area contributed by atoms with Crippen molar-refractivity contribution in [2.75, 3.05) is 0 Å². The standard InChI is InChI=1S/C14H15F3N2O3S/c15-14(16,17)9-5-7-10(8-6-9)23(21,22)19-12-4-2-1-3-11(12)13(18)20/h1-2,5-8,11-12,19H,3-4H2,(H2,18,20)/t11-,12-/m1/s1. The van der Waals surface area contributed by atoms with E-state index >= 15 is 0 Å². The number of carbonyl (C=O) groups excluding carboxylic acids is 1. The Balaban J connectivity index is 2.21. The molecule has 0 fully saturated rings. The molecule has 1 aromatic carbocycles. The fourth-order valence-corrected chi connectivity index (χ4v) is 3.64. The predicted molar refractivity (Wildman–Crippen MR) is 76.6 cm³/mol. The minimum absolute atomic E-state index is 0.285. The van der Waals surface area contributed by atoms with Gasteiger partial charge in [0.15, 0.2) is 0 Å². The van der Waals surface area contributed by atoms with Gasteiger partial charge < -0.3 is 5.73 Å². The SMILES string of the molecule is NC(=O)[C@@H]1CC=CC[C@H]1NS(=O)(=O)c1ccc(C(F)(F)F)cc1. The van der Waals surface area contributed by atoms with Gasteiger partial charge in [0.1, 0.15) is 0 Å². The summed E-state index contributed by atoms with van der Waals surface area (Å²) in [7, 11) is -4.05. The summed E-state index contributed by atoms with van der Waals surface area (Å²) in [6.45, 7) is 0. The number of rotatable bonds is 4. The van der Waals surface area contributed by atoms with Gasteiger partial charge in [0.2, 0.25) is 15.9 Å². The van der Waals surface area contributed by atoms with E-state index in [2.05, 4.69) is 4.72 Å². The third-order valence-corrected chi connectivity index (χ3v) is 5.10. The van der Waals surface area contributed by atoms with Crippen LogP contribution in [0.3, 0.4) is 0 Å². The fraction of sp³-hybridized carbons (Fsp3) is 0.357. The van der Waals surface area contributed by atoms with Crippen LogP contribution in [0.5, 0.6) is 0 Å². The second-order valence-corrected chi connectivity index (χ2v) is 6.92. The molecule has 126 valence electrons. The number of hydrogen-bond donors (Lipinski definition) is 2. The van der Waals surface area contributed by atoms with E-state index in [1.807, 2.05) is 0 Å². The monoisotopic (exact) mass is 348 g/mol. The van der Waals surface area contributed by atoms with Crippen molar-refractivity contribution in [3.05, 3.63) is 42.0 Å². The number of sulfonamides is 1. The maximum absolute atomic E-state index is 12.5. The Kier molecular flexibility index (Phi) is 4.81. The van der Waals surface area contributed by atoms with E-state index in [4.69, 9.17) is 5.73 Å². The molecule has 23 heavy (non-hydrogen) atoms. The summed E-state index contributed by atoms with van der Waals surface area (Å²) >= 11 is 0. The van der Waals surface area contributed by atoms with Gasteiger partial charge >= 0.3 is 6.18 Å². The highest BCUT2D eigenvalue weighted by molar-refractivity contribution is 7.89. The largest absolute Gasteiger partial charge is 0.416 e. The number of allylic oxidation sites excluding steroid dienone is 1. The van der Waals surface area contributed by atoms with Crippen molar-refractivity contribution in [1.82, 2.24) is 4.72 Å². The van der Waals surface area contributed by atoms with Crippen molar-refractivity contribution in [2.45, 2.75) is 30.0 Å². The lowest BCUT2D eigenvalue weighted by Gasteiger charge is -2.26. The van der Waals surface area contributed by atoms with Crippen LogP contribution in [0.15, 0.2) is 41.3 Å². The topological polar surface area (TPSA) is 89.3 Å². The summed E-state index contributed by atoms with van der Waals surface area (Å²) in [6, 6.07) is 2.43. The van der Waals surface area contributed by atoms with Gasteiger partial charge in [-0.2, -0.15) is 13.2 Å². The molecule has 9 heteroatoms. The van der Waals surface area contributed by atoms with E-state index in [1.165, 1.54) is 0 Å². The summed E-state index contributed by atoms with van der Waals surface area (Å²) in [5, 5.41) is 0. The first-order valence-corrected chi connectivity index (χ1v) is 8.23. The van der Waals surface area contributed by atoms with Gasteiger partial charge in [0.25, 0.3) is 0 Å². The summed E-state index contributed by atoms with van der Waals surface area (Å²) in [6.07, 6.45) is -0.484. The molecule has 0 unspecified atom stereocenters. The predicted octanol–water partition coefficient (Wildman–Crippen LogP) is 1.80. The van der Waals surface area contributed by atoms with Crippen molar-refractivity contribution in [3.63, 3.8) is 0 Å². The number of halogens is 3. The number of hydrogen-bond acceptors (Lipinski definition) is 3. The van der Waals surface area contributed by atoms with Gasteiger partial charge in [-0.1, -0.05) is 12.2 Å². The van der Waals surface area contributed by atoms with Crippen LogP contribution >= 0.6 is 0 Å². The first-order valence-electron chi connectivity index (χ1n) is 6.75. The molecule has 0 saturated heterocycles. The number of alkyl halides is 3. The van der Waals surface area contributed by atoms with Gasteiger partial charge in [0.05, 0.1) is 16.4 Å². The van der Waals surface area contributed by atoms with Crippen molar-refractivity contribution in [1.29, 1.82) is 0 Å². The van der Waals surface area contributed by atoms with Gasteiger partial charge in [-0.3, -0.25) is 4.79 Å². The lowest BCUT2D eigenvalue weighted by Crippen LogP contribution is -2.46. The minimum atomic E-state index is -4.54. The Bertz CT molecular complexity index is 712. The van der Waals surface area contributed by atoms with Crippen LogP contribution in [0, 0.1) is 5.92 Å². The van der Waals surface area contributed by atoms with Crippen LogP contribution in [0.25, 0.3) is 0 Å². The molecule has 2 atom stereocenters. The third-order valence-electron chi connectivity index (χ3n) is 3.60. The molecular formula is C14H15F3N2O3S. The van der Waals surface area contributed by atoms with Crippen LogP contribution < -0.4 is 10.5 Å². The number of amides is 1. The Morgan fingerprint density at radius 1 is 1.13 bits per heavy atom. The van der Waals surface area contributed by atoms with E-state index in [-0.39, 0.29) is 11.3 Å². The number of benzene rings is 1. The molecule has 0 aromatic heterocycles. The zero-order chi connectivity index (χ0) is 17.3. The normalized spacial score (nSPS) is 22.0. The first-order chi connectivity index (χ1) is 10.6. The molecule has 0 heterocycles. The Morgan fingerprint density at radius 2 is 1.70 bits per heavy atom. The second-order valence-electron chi connectivity index (χ2n) is 5.20. The number of carbonyl (C=O) groups is 1. The van der Waals surface area contributed by atoms with Crippen molar-refractivity contribution in [2.24, 2.45) is 11.7 Å². The average Bonchev–Trinajstić information content (AvgIpc) is 2.46. The quantitative estimate of drug-likeness (QED) is 0.813. The highest BCUT2D eigenvalue weighted by atomic mass is 32.2. The molecule has 1 aliphatic rings. The van der Waals surface area contributed by atoms with Gasteiger partial charge in [0, 0.05) is 6.04 Å². The lowest BCUT2D eigenvalue weighted by molar-refractivity contribution is -0.137. The molecule has 1 amide bonds. The highest BCUT2D eigenvalue weighted by Crippen LogP contribution is 2.30. The van der Waals surface area contributed by atoms with E-state index in [9.17, 15) is 26.4 Å². The summed E-state index contributed by atoms with van der Waals surface area (Å²) in [5.74, 6) is -1.32. The third kappa shape index (κ3) is 4.11. The Hall–Kier alpha value is -1.87. The Morgan fingerprint density at radius 3 is 2.22 bits per heavy atom. The maximum Gasteiger partial charge on any atom is 0.416 e. The molecule has 5 nitrogen and oxygen atoms in total. The first kappa shape index (κ1) is 17.5. The molecule has 0 saturated carbocycles. The molecule has 0 aliphatic heterocycles. The molecule has 1 aromatic rings. The smallest absolute Gasteiger partial charge is 0.369 e. The van der Waals surface area contributed by atoms with Gasteiger partial charge in [-0.25, -0.2) is 13.1 Å². The van der Waals surface area contributed by atoms with Crippen molar-refractivity contribution >= 4 is 15.9 Å². The molecule has 1 aliphatic carbocycles. The van der Waals surface area contributed by atoms with Gasteiger partial charge in [-0.15, -0.1) is 0 Å². The van der Waals surface area contributed by atoms with Crippen LogP contribution in [0.2, 0.25) is 0 Å². The maximum atomic E-state index is 12.5.